The van der Waals surface area contributed by atoms with Crippen molar-refractivity contribution >= 4 is 28.8 Å². The maximum absolute atomic E-state index is 12.8. The summed E-state index contributed by atoms with van der Waals surface area (Å²) in [5.74, 6) is 0.755. The van der Waals surface area contributed by atoms with Gasteiger partial charge in [-0.25, -0.2) is 4.79 Å². The van der Waals surface area contributed by atoms with E-state index in [0.717, 1.165) is 17.9 Å². The van der Waals surface area contributed by atoms with E-state index in [9.17, 15) is 4.79 Å². The van der Waals surface area contributed by atoms with E-state index < -0.39 is 17.0 Å². The molecule has 7 nitrogen and oxygen atoms in total. The third-order valence-corrected chi connectivity index (χ3v) is 9.07. The number of carbonyl (C=O) groups is 1. The van der Waals surface area contributed by atoms with E-state index in [2.05, 4.69) is 25.0 Å². The normalized spacial score (nSPS) is 12.0. The Bertz CT molecular complexity index is 551. The van der Waals surface area contributed by atoms with Gasteiger partial charge < -0.3 is 27.9 Å². The molecule has 1 rings (SSSR count). The molecule has 0 aromatic heterocycles. The molecule has 0 unspecified atom stereocenters. The summed E-state index contributed by atoms with van der Waals surface area (Å²) < 4.78 is 23.5. The molecule has 0 bridgehead atoms. The maximum Gasteiger partial charge on any atom is 0.500 e. The lowest BCUT2D eigenvalue weighted by Crippen LogP contribution is -2.52. The van der Waals surface area contributed by atoms with Crippen LogP contribution in [0.2, 0.25) is 25.7 Å². The monoisotopic (exact) mass is 400 g/mol. The Morgan fingerprint density at radius 1 is 1.00 bits per heavy atom. The highest BCUT2D eigenvalue weighted by molar-refractivity contribution is 6.75. The van der Waals surface area contributed by atoms with E-state index in [-0.39, 0.29) is 6.03 Å². The summed E-state index contributed by atoms with van der Waals surface area (Å²) in [5, 5.41) is 2.97. The number of rotatable bonds is 10. The van der Waals surface area contributed by atoms with Gasteiger partial charge >= 0.3 is 14.8 Å². The molecule has 1 N–H and O–H groups in total. The second-order valence-electron chi connectivity index (χ2n) is 6.88. The summed E-state index contributed by atoms with van der Waals surface area (Å²) in [4.78, 5) is 12.8. The summed E-state index contributed by atoms with van der Waals surface area (Å²) >= 11 is 0. The Hall–Kier alpha value is -1.40. The SMILES string of the molecule is COc1ccc(NC(=O)N(CCC[Si](OC)(OC)OC)[Si](C)(C)C)cc1. The Kier molecular flexibility index (Phi) is 8.77. The average molecular weight is 401 g/mol. The predicted molar refractivity (Wildman–Crippen MR) is 108 cm³/mol. The molecule has 1 aromatic rings. The number of hydrogen-bond acceptors (Lipinski definition) is 5. The van der Waals surface area contributed by atoms with Crippen molar-refractivity contribution in [2.45, 2.75) is 32.1 Å². The van der Waals surface area contributed by atoms with Gasteiger partial charge in [0.1, 0.15) is 5.75 Å². The lowest BCUT2D eigenvalue weighted by atomic mass is 10.3. The predicted octanol–water partition coefficient (Wildman–Crippen LogP) is 3.63. The van der Waals surface area contributed by atoms with Crippen molar-refractivity contribution in [3.63, 3.8) is 0 Å². The van der Waals surface area contributed by atoms with Crippen LogP contribution in [-0.4, -0.2) is 62.6 Å². The third kappa shape index (κ3) is 6.40. The smallest absolute Gasteiger partial charge is 0.497 e. The van der Waals surface area contributed by atoms with Gasteiger partial charge in [-0.15, -0.1) is 0 Å². The number of benzene rings is 1. The standard InChI is InChI=1S/C17H32N2O5Si2/c1-21-16-11-9-15(10-12-16)18-17(20)19(25(5,6)7)13-8-14-26(22-2,23-3)24-4/h9-12H,8,13-14H2,1-7H3,(H,18,20). The minimum absolute atomic E-state index is 0.0890. The largest absolute Gasteiger partial charge is 0.500 e. The van der Waals surface area contributed by atoms with Crippen LogP contribution in [0.5, 0.6) is 5.75 Å². The highest BCUT2D eigenvalue weighted by Gasteiger charge is 2.38. The molecule has 2 amide bonds. The second-order valence-corrected chi connectivity index (χ2v) is 14.9. The van der Waals surface area contributed by atoms with Crippen molar-refractivity contribution in [2.75, 3.05) is 40.3 Å². The molecule has 0 aliphatic heterocycles. The molecular weight excluding hydrogens is 368 g/mol. The van der Waals surface area contributed by atoms with Crippen molar-refractivity contribution in [3.8, 4) is 5.75 Å². The summed E-state index contributed by atoms with van der Waals surface area (Å²) in [6, 6.07) is 7.88. The summed E-state index contributed by atoms with van der Waals surface area (Å²) in [6.07, 6.45) is 0.752. The highest BCUT2D eigenvalue weighted by Crippen LogP contribution is 2.20. The van der Waals surface area contributed by atoms with Gasteiger partial charge in [0.2, 0.25) is 0 Å². The van der Waals surface area contributed by atoms with Gasteiger partial charge in [-0.05, 0) is 30.7 Å². The zero-order valence-corrected chi connectivity index (χ0v) is 18.9. The zero-order valence-electron chi connectivity index (χ0n) is 16.9. The van der Waals surface area contributed by atoms with E-state index in [4.69, 9.17) is 18.0 Å². The molecule has 0 saturated carbocycles. The molecule has 1 aromatic carbocycles. The molecule has 148 valence electrons. The first kappa shape index (κ1) is 22.6. The van der Waals surface area contributed by atoms with Gasteiger partial charge in [-0.2, -0.15) is 0 Å². The number of carbonyl (C=O) groups excluding carboxylic acids is 1. The molecule has 0 aliphatic rings. The average Bonchev–Trinajstić information content (AvgIpc) is 2.62. The molecular formula is C17H32N2O5Si2. The number of hydrogen-bond donors (Lipinski definition) is 1. The summed E-state index contributed by atoms with van der Waals surface area (Å²) in [6.45, 7) is 7.07. The Morgan fingerprint density at radius 2 is 1.54 bits per heavy atom. The molecule has 26 heavy (non-hydrogen) atoms. The molecule has 0 fully saturated rings. The Balaban J connectivity index is 2.75. The molecule has 0 heterocycles. The van der Waals surface area contributed by atoms with Crippen molar-refractivity contribution in [3.05, 3.63) is 24.3 Å². The van der Waals surface area contributed by atoms with Gasteiger partial charge in [-0.3, -0.25) is 0 Å². The summed E-state index contributed by atoms with van der Waals surface area (Å²) in [5.41, 5.74) is 0.744. The number of urea groups is 1. The van der Waals surface area contributed by atoms with Crippen molar-refractivity contribution in [1.82, 2.24) is 4.57 Å². The van der Waals surface area contributed by atoms with Crippen molar-refractivity contribution in [1.29, 1.82) is 0 Å². The van der Waals surface area contributed by atoms with Gasteiger partial charge in [0, 0.05) is 39.6 Å². The van der Waals surface area contributed by atoms with Crippen LogP contribution in [0.1, 0.15) is 6.42 Å². The van der Waals surface area contributed by atoms with E-state index in [1.807, 2.05) is 28.8 Å². The summed E-state index contributed by atoms with van der Waals surface area (Å²) in [7, 11) is 1.95. The van der Waals surface area contributed by atoms with Crippen LogP contribution in [0.3, 0.4) is 0 Å². The van der Waals surface area contributed by atoms with Gasteiger partial charge in [0.25, 0.3) is 0 Å². The fraction of sp³-hybridized carbons (Fsp3) is 0.588. The van der Waals surface area contributed by atoms with E-state index in [1.54, 1.807) is 28.4 Å². The third-order valence-electron chi connectivity index (χ3n) is 4.19. The molecule has 0 radical (unpaired) electrons. The first-order valence-corrected chi connectivity index (χ1v) is 14.0. The molecule has 0 atom stereocenters. The number of nitrogens with one attached hydrogen (secondary N) is 1. The molecule has 0 aliphatic carbocycles. The fourth-order valence-corrected chi connectivity index (χ4v) is 5.81. The first-order chi connectivity index (χ1) is 12.2. The topological polar surface area (TPSA) is 69.3 Å². The van der Waals surface area contributed by atoms with E-state index >= 15 is 0 Å². The molecule has 0 saturated heterocycles. The van der Waals surface area contributed by atoms with Crippen LogP contribution < -0.4 is 10.1 Å². The van der Waals surface area contributed by atoms with Crippen LogP contribution in [-0.2, 0) is 13.3 Å². The van der Waals surface area contributed by atoms with Gasteiger partial charge in [-0.1, -0.05) is 19.6 Å². The van der Waals surface area contributed by atoms with Crippen LogP contribution in [0, 0.1) is 0 Å². The van der Waals surface area contributed by atoms with Crippen LogP contribution >= 0.6 is 0 Å². The van der Waals surface area contributed by atoms with Crippen molar-refractivity contribution in [2.24, 2.45) is 0 Å². The Morgan fingerprint density at radius 3 is 1.96 bits per heavy atom. The van der Waals surface area contributed by atoms with E-state index in [1.165, 1.54) is 0 Å². The van der Waals surface area contributed by atoms with Crippen LogP contribution in [0.25, 0.3) is 0 Å². The van der Waals surface area contributed by atoms with Crippen LogP contribution in [0.15, 0.2) is 24.3 Å². The highest BCUT2D eigenvalue weighted by atomic mass is 28.4. The molecule has 0 spiro atoms. The molecule has 9 heteroatoms. The van der Waals surface area contributed by atoms with Gasteiger partial charge in [0.05, 0.1) is 7.11 Å². The van der Waals surface area contributed by atoms with Gasteiger partial charge in [0.15, 0.2) is 8.24 Å². The lowest BCUT2D eigenvalue weighted by Gasteiger charge is -2.35. The number of ether oxygens (including phenoxy) is 1. The number of nitrogens with zero attached hydrogens (tertiary/aromatic N) is 1. The zero-order chi connectivity index (χ0) is 19.8. The fourth-order valence-electron chi connectivity index (χ4n) is 2.62. The number of methoxy groups -OCH3 is 1. The number of amides is 2. The Labute approximate surface area is 159 Å². The number of anilines is 1. The second kappa shape index (κ2) is 10.1. The maximum atomic E-state index is 12.8. The minimum atomic E-state index is -2.62. The lowest BCUT2D eigenvalue weighted by molar-refractivity contribution is 0.122. The minimum Gasteiger partial charge on any atom is -0.497 e. The quantitative estimate of drug-likeness (QED) is 0.607. The van der Waals surface area contributed by atoms with E-state index in [0.29, 0.717) is 12.6 Å². The van der Waals surface area contributed by atoms with Crippen molar-refractivity contribution < 1.29 is 22.8 Å². The van der Waals surface area contributed by atoms with Crippen LogP contribution in [0.4, 0.5) is 10.5 Å². The first-order valence-electron chi connectivity index (χ1n) is 8.59.